The highest BCUT2D eigenvalue weighted by Crippen LogP contribution is 2.23. The van der Waals surface area contributed by atoms with Gasteiger partial charge in [-0.2, -0.15) is 4.31 Å². The number of piperidine rings is 1. The second kappa shape index (κ2) is 5.22. The summed E-state index contributed by atoms with van der Waals surface area (Å²) in [5.41, 5.74) is 5.18. The Balaban J connectivity index is 2.19. The van der Waals surface area contributed by atoms with Gasteiger partial charge >= 0.3 is 0 Å². The van der Waals surface area contributed by atoms with Crippen LogP contribution < -0.4 is 5.73 Å². The number of nitrogens with zero attached hydrogens (tertiary/aromatic N) is 2. The van der Waals surface area contributed by atoms with Crippen LogP contribution in [-0.2, 0) is 14.8 Å². The summed E-state index contributed by atoms with van der Waals surface area (Å²) in [5.74, 6) is -1.62. The summed E-state index contributed by atoms with van der Waals surface area (Å²) in [5, 5.41) is -0.576. The highest BCUT2D eigenvalue weighted by Gasteiger charge is 2.33. The molecule has 0 radical (unpaired) electrons. The molecule has 2 N–H and O–H groups in total. The number of carbonyl (C=O) groups excluding carboxylic acids is 1. The Labute approximate surface area is 110 Å². The molecule has 8 heteroatoms. The maximum Gasteiger partial charge on any atom is 0.263 e. The smallest absolute Gasteiger partial charge is 0.263 e. The quantitative estimate of drug-likeness (QED) is 0.853. The largest absolute Gasteiger partial charge is 0.369 e. The fourth-order valence-corrected chi connectivity index (χ4v) is 3.51. The Morgan fingerprint density at radius 1 is 1.42 bits per heavy atom. The van der Waals surface area contributed by atoms with Gasteiger partial charge in [-0.15, -0.1) is 0 Å². The minimum Gasteiger partial charge on any atom is -0.369 e. The van der Waals surface area contributed by atoms with E-state index in [9.17, 15) is 17.6 Å². The Hall–Kier alpha value is -1.54. The number of carbonyl (C=O) groups is 1. The zero-order valence-corrected chi connectivity index (χ0v) is 10.9. The molecule has 1 aliphatic heterocycles. The lowest BCUT2D eigenvalue weighted by Crippen LogP contribution is -2.42. The molecule has 1 aromatic rings. The van der Waals surface area contributed by atoms with Crippen LogP contribution in [0.3, 0.4) is 0 Å². The van der Waals surface area contributed by atoms with Gasteiger partial charge in [0.1, 0.15) is 0 Å². The van der Waals surface area contributed by atoms with Crippen molar-refractivity contribution in [1.29, 1.82) is 0 Å². The lowest BCUT2D eigenvalue weighted by atomic mass is 9.98. The van der Waals surface area contributed by atoms with Crippen molar-refractivity contribution in [2.75, 3.05) is 13.1 Å². The number of hydrogen-bond donors (Lipinski definition) is 1. The molecule has 0 bridgehead atoms. The minimum atomic E-state index is -3.95. The van der Waals surface area contributed by atoms with Crippen LogP contribution in [0.1, 0.15) is 12.8 Å². The number of rotatable bonds is 3. The van der Waals surface area contributed by atoms with Crippen LogP contribution in [0.15, 0.2) is 23.4 Å². The zero-order valence-electron chi connectivity index (χ0n) is 10.1. The van der Waals surface area contributed by atoms with Crippen molar-refractivity contribution in [2.24, 2.45) is 11.7 Å². The monoisotopic (exact) mass is 287 g/mol. The van der Waals surface area contributed by atoms with Gasteiger partial charge < -0.3 is 5.73 Å². The lowest BCUT2D eigenvalue weighted by Gasteiger charge is -2.29. The fourth-order valence-electron chi connectivity index (χ4n) is 2.06. The molecule has 0 spiro atoms. The van der Waals surface area contributed by atoms with Crippen LogP contribution in [0.2, 0.25) is 0 Å². The summed E-state index contributed by atoms with van der Waals surface area (Å²) >= 11 is 0. The van der Waals surface area contributed by atoms with E-state index in [1.54, 1.807) is 0 Å². The second-order valence-electron chi connectivity index (χ2n) is 4.37. The second-order valence-corrected chi connectivity index (χ2v) is 6.22. The molecular formula is C11H14FN3O3S. The normalized spacial score (nSPS) is 18.4. The summed E-state index contributed by atoms with van der Waals surface area (Å²) < 4.78 is 39.0. The van der Waals surface area contributed by atoms with E-state index in [0.29, 0.717) is 12.8 Å². The van der Waals surface area contributed by atoms with E-state index in [4.69, 9.17) is 5.73 Å². The summed E-state index contributed by atoms with van der Waals surface area (Å²) in [4.78, 5) is 14.6. The third-order valence-electron chi connectivity index (χ3n) is 3.17. The van der Waals surface area contributed by atoms with Crippen molar-refractivity contribution in [1.82, 2.24) is 9.29 Å². The first-order valence-corrected chi connectivity index (χ1v) is 7.27. The van der Waals surface area contributed by atoms with Gasteiger partial charge in [0.15, 0.2) is 5.82 Å². The third kappa shape index (κ3) is 2.74. The number of halogens is 1. The van der Waals surface area contributed by atoms with Gasteiger partial charge in [-0.1, -0.05) is 0 Å². The van der Waals surface area contributed by atoms with E-state index < -0.39 is 26.8 Å². The average Bonchev–Trinajstić information content (AvgIpc) is 2.39. The molecule has 1 aliphatic rings. The van der Waals surface area contributed by atoms with Gasteiger partial charge in [0.2, 0.25) is 10.9 Å². The van der Waals surface area contributed by atoms with Crippen molar-refractivity contribution in [3.8, 4) is 0 Å². The first-order chi connectivity index (χ1) is 8.93. The average molecular weight is 287 g/mol. The van der Waals surface area contributed by atoms with Gasteiger partial charge in [-0.25, -0.2) is 17.8 Å². The number of aromatic nitrogens is 1. The molecule has 0 aromatic carbocycles. The molecule has 1 amide bonds. The van der Waals surface area contributed by atoms with E-state index >= 15 is 0 Å². The van der Waals surface area contributed by atoms with Gasteiger partial charge in [-0.05, 0) is 25.0 Å². The molecule has 0 aliphatic carbocycles. The van der Waals surface area contributed by atoms with Crippen molar-refractivity contribution >= 4 is 15.9 Å². The first-order valence-electron chi connectivity index (χ1n) is 5.83. The predicted molar refractivity (Wildman–Crippen MR) is 64.9 cm³/mol. The number of amides is 1. The maximum absolute atomic E-state index is 13.5. The topological polar surface area (TPSA) is 93.4 Å². The summed E-state index contributed by atoms with van der Waals surface area (Å²) in [6.07, 6.45) is 1.93. The lowest BCUT2D eigenvalue weighted by molar-refractivity contribution is -0.122. The van der Waals surface area contributed by atoms with E-state index in [2.05, 4.69) is 4.98 Å². The van der Waals surface area contributed by atoms with Crippen molar-refractivity contribution in [3.05, 3.63) is 24.1 Å². The van der Waals surface area contributed by atoms with Crippen LogP contribution in [0.5, 0.6) is 0 Å². The van der Waals surface area contributed by atoms with Crippen molar-refractivity contribution in [2.45, 2.75) is 17.9 Å². The fraction of sp³-hybridized carbons (Fsp3) is 0.455. The SMILES string of the molecule is NC(=O)C1CCN(S(=O)(=O)c2ncccc2F)CC1. The molecule has 0 atom stereocenters. The molecule has 104 valence electrons. The van der Waals surface area contributed by atoms with Crippen LogP contribution in [-0.4, -0.2) is 36.7 Å². The van der Waals surface area contributed by atoms with Crippen LogP contribution in [0.25, 0.3) is 0 Å². The van der Waals surface area contributed by atoms with E-state index in [1.165, 1.54) is 12.3 Å². The molecule has 2 rings (SSSR count). The standard InChI is InChI=1S/C11H14FN3O3S/c12-9-2-1-5-14-11(9)19(17,18)15-6-3-8(4-7-15)10(13)16/h1-2,5,8H,3-4,6-7H2,(H2,13,16). The molecule has 0 saturated carbocycles. The molecular weight excluding hydrogens is 273 g/mol. The number of hydrogen-bond acceptors (Lipinski definition) is 4. The molecule has 19 heavy (non-hydrogen) atoms. The molecule has 1 aromatic heterocycles. The number of nitrogens with two attached hydrogens (primary N) is 1. The zero-order chi connectivity index (χ0) is 14.0. The van der Waals surface area contributed by atoms with Gasteiger partial charge in [0.05, 0.1) is 0 Å². The molecule has 0 unspecified atom stereocenters. The van der Waals surface area contributed by atoms with Gasteiger partial charge in [0, 0.05) is 25.2 Å². The number of sulfonamides is 1. The highest BCUT2D eigenvalue weighted by atomic mass is 32.2. The number of primary amides is 1. The molecule has 6 nitrogen and oxygen atoms in total. The van der Waals surface area contributed by atoms with Gasteiger partial charge in [-0.3, -0.25) is 4.79 Å². The van der Waals surface area contributed by atoms with Crippen LogP contribution in [0.4, 0.5) is 4.39 Å². The Bertz CT molecular complexity index is 583. The van der Waals surface area contributed by atoms with Crippen molar-refractivity contribution in [3.63, 3.8) is 0 Å². The third-order valence-corrected chi connectivity index (χ3v) is 5.00. The first kappa shape index (κ1) is 13.9. The van der Waals surface area contributed by atoms with E-state index in [0.717, 1.165) is 10.4 Å². The summed E-state index contributed by atoms with van der Waals surface area (Å²) in [6.45, 7) is 0.290. The molecule has 2 heterocycles. The Morgan fingerprint density at radius 2 is 2.05 bits per heavy atom. The van der Waals surface area contributed by atoms with Crippen molar-refractivity contribution < 1.29 is 17.6 Å². The Morgan fingerprint density at radius 3 is 2.58 bits per heavy atom. The van der Waals surface area contributed by atoms with E-state index in [-0.39, 0.29) is 19.0 Å². The van der Waals surface area contributed by atoms with Crippen LogP contribution in [0, 0.1) is 11.7 Å². The van der Waals surface area contributed by atoms with Crippen LogP contribution >= 0.6 is 0 Å². The molecule has 1 saturated heterocycles. The Kier molecular flexibility index (Phi) is 3.81. The van der Waals surface area contributed by atoms with Gasteiger partial charge in [0.25, 0.3) is 10.0 Å². The summed E-state index contributed by atoms with van der Waals surface area (Å²) in [7, 11) is -3.95. The molecule has 1 fully saturated rings. The number of pyridine rings is 1. The summed E-state index contributed by atoms with van der Waals surface area (Å²) in [6, 6.07) is 2.38. The maximum atomic E-state index is 13.5. The van der Waals surface area contributed by atoms with E-state index in [1.807, 2.05) is 0 Å². The minimum absolute atomic E-state index is 0.145. The predicted octanol–water partition coefficient (Wildman–Crippen LogP) is 0.107. The highest BCUT2D eigenvalue weighted by molar-refractivity contribution is 7.89.